The van der Waals surface area contributed by atoms with E-state index < -0.39 is 17.9 Å². The molecule has 0 aliphatic rings. The molecule has 1 aromatic heterocycles. The Balaban J connectivity index is 1.99. The fourth-order valence-corrected chi connectivity index (χ4v) is 2.88. The van der Waals surface area contributed by atoms with E-state index in [1.807, 2.05) is 30.3 Å². The number of fused-ring (bicyclic) bond motifs is 1. The zero-order valence-electron chi connectivity index (χ0n) is 15.0. The number of carbonyl (C=O) groups is 2. The third kappa shape index (κ3) is 3.87. The van der Waals surface area contributed by atoms with E-state index in [-0.39, 0.29) is 17.7 Å². The number of nitrogens with one attached hydrogen (secondary N) is 1. The van der Waals surface area contributed by atoms with E-state index in [0.29, 0.717) is 10.8 Å². The van der Waals surface area contributed by atoms with Crippen molar-refractivity contribution < 1.29 is 14.3 Å². The third-order valence-electron chi connectivity index (χ3n) is 4.28. The number of hydrogen-bond donors (Lipinski definition) is 1. The average Bonchev–Trinajstić information content (AvgIpc) is 2.70. The number of amides is 1. The van der Waals surface area contributed by atoms with Crippen molar-refractivity contribution in [3.05, 3.63) is 76.2 Å². The van der Waals surface area contributed by atoms with E-state index in [2.05, 4.69) is 10.4 Å². The summed E-state index contributed by atoms with van der Waals surface area (Å²) >= 11 is 0. The Kier molecular flexibility index (Phi) is 5.30. The van der Waals surface area contributed by atoms with E-state index in [9.17, 15) is 14.4 Å². The predicted molar refractivity (Wildman–Crippen MR) is 100 cm³/mol. The first-order valence-electron chi connectivity index (χ1n) is 8.40. The van der Waals surface area contributed by atoms with Crippen molar-refractivity contribution in [2.75, 3.05) is 7.11 Å². The van der Waals surface area contributed by atoms with Gasteiger partial charge in [-0.15, -0.1) is 0 Å². The third-order valence-corrected chi connectivity index (χ3v) is 4.28. The van der Waals surface area contributed by atoms with Crippen molar-refractivity contribution in [1.82, 2.24) is 15.1 Å². The molecule has 1 amide bonds. The number of methoxy groups -OCH3 is 1. The van der Waals surface area contributed by atoms with Crippen molar-refractivity contribution in [3.8, 4) is 0 Å². The molecule has 0 bridgehead atoms. The van der Waals surface area contributed by atoms with Crippen molar-refractivity contribution in [2.24, 2.45) is 7.05 Å². The quantitative estimate of drug-likeness (QED) is 0.698. The summed E-state index contributed by atoms with van der Waals surface area (Å²) in [5, 5.41) is 7.83. The van der Waals surface area contributed by atoms with Gasteiger partial charge >= 0.3 is 5.97 Å². The first-order chi connectivity index (χ1) is 13.0. The molecule has 138 valence electrons. The van der Waals surface area contributed by atoms with Crippen LogP contribution in [0.25, 0.3) is 10.8 Å². The molecule has 0 unspecified atom stereocenters. The Bertz CT molecular complexity index is 1040. The zero-order valence-corrected chi connectivity index (χ0v) is 15.0. The number of ether oxygens (including phenoxy) is 1. The lowest BCUT2D eigenvalue weighted by Gasteiger charge is -2.18. The molecular formula is C20H19N3O4. The number of nitrogens with zero attached hydrogens (tertiary/aromatic N) is 2. The van der Waals surface area contributed by atoms with Gasteiger partial charge in [0.15, 0.2) is 5.69 Å². The molecule has 0 aliphatic heterocycles. The molecule has 7 heteroatoms. The average molecular weight is 365 g/mol. The van der Waals surface area contributed by atoms with Gasteiger partial charge in [-0.25, -0.2) is 4.68 Å². The Morgan fingerprint density at radius 1 is 1.07 bits per heavy atom. The second kappa shape index (κ2) is 7.82. The van der Waals surface area contributed by atoms with Gasteiger partial charge < -0.3 is 10.1 Å². The van der Waals surface area contributed by atoms with Gasteiger partial charge in [0.25, 0.3) is 11.5 Å². The van der Waals surface area contributed by atoms with Crippen LogP contribution in [0.1, 0.15) is 28.5 Å². The lowest BCUT2D eigenvalue weighted by Crippen LogP contribution is -2.33. The molecular weight excluding hydrogens is 346 g/mol. The van der Waals surface area contributed by atoms with Crippen LogP contribution in [0, 0.1) is 0 Å². The van der Waals surface area contributed by atoms with E-state index in [0.717, 1.165) is 10.2 Å². The summed E-state index contributed by atoms with van der Waals surface area (Å²) in [5.41, 5.74) is 0.611. The normalized spacial score (nSPS) is 11.8. The molecule has 0 spiro atoms. The standard InChI is InChI=1S/C20H19N3O4/c1-23-20(26)15-11-7-6-10-14(15)18(22-23)19(25)21-16(12-17(24)27-2)13-8-4-3-5-9-13/h3-11,16H,12H2,1-2H3,(H,21,25)/t16-/m1/s1. The number of hydrogen-bond acceptors (Lipinski definition) is 5. The van der Waals surface area contributed by atoms with Crippen LogP contribution in [0.5, 0.6) is 0 Å². The fourth-order valence-electron chi connectivity index (χ4n) is 2.88. The molecule has 1 N–H and O–H groups in total. The molecule has 3 aromatic rings. The number of rotatable bonds is 5. The SMILES string of the molecule is COC(=O)C[C@@H](NC(=O)c1nn(C)c(=O)c2ccccc12)c1ccccc1. The molecule has 3 rings (SSSR count). The highest BCUT2D eigenvalue weighted by Gasteiger charge is 2.22. The molecule has 0 radical (unpaired) electrons. The van der Waals surface area contributed by atoms with Gasteiger partial charge in [-0.05, 0) is 11.6 Å². The molecule has 0 aliphatic carbocycles. The molecule has 7 nitrogen and oxygen atoms in total. The van der Waals surface area contributed by atoms with Crippen LogP contribution >= 0.6 is 0 Å². The minimum absolute atomic E-state index is 0.0179. The number of aryl methyl sites for hydroxylation is 1. The maximum absolute atomic E-state index is 12.9. The van der Waals surface area contributed by atoms with Crippen LogP contribution < -0.4 is 10.9 Å². The molecule has 1 heterocycles. The van der Waals surface area contributed by atoms with Crippen LogP contribution in [-0.2, 0) is 16.6 Å². The van der Waals surface area contributed by atoms with Crippen LogP contribution in [0.2, 0.25) is 0 Å². The summed E-state index contributed by atoms with van der Waals surface area (Å²) in [4.78, 5) is 37.0. The largest absolute Gasteiger partial charge is 0.469 e. The number of carbonyl (C=O) groups excluding carboxylic acids is 2. The fraction of sp³-hybridized carbons (Fsp3) is 0.200. The minimum Gasteiger partial charge on any atom is -0.469 e. The van der Waals surface area contributed by atoms with E-state index in [4.69, 9.17) is 4.74 Å². The molecule has 0 saturated carbocycles. The monoisotopic (exact) mass is 365 g/mol. The zero-order chi connectivity index (χ0) is 19.4. The van der Waals surface area contributed by atoms with Gasteiger partial charge in [0.05, 0.1) is 25.0 Å². The first kappa shape index (κ1) is 18.3. The van der Waals surface area contributed by atoms with Gasteiger partial charge in [0.2, 0.25) is 0 Å². The highest BCUT2D eigenvalue weighted by Crippen LogP contribution is 2.19. The summed E-state index contributed by atoms with van der Waals surface area (Å²) in [7, 11) is 2.79. The van der Waals surface area contributed by atoms with Crippen molar-refractivity contribution in [3.63, 3.8) is 0 Å². The molecule has 1 atom stereocenters. The smallest absolute Gasteiger partial charge is 0.307 e. The van der Waals surface area contributed by atoms with Crippen LogP contribution in [0.3, 0.4) is 0 Å². The van der Waals surface area contributed by atoms with Crippen molar-refractivity contribution >= 4 is 22.6 Å². The Hall–Kier alpha value is -3.48. The maximum atomic E-state index is 12.9. The molecule has 0 saturated heterocycles. The van der Waals surface area contributed by atoms with E-state index >= 15 is 0 Å². The molecule has 2 aromatic carbocycles. The Morgan fingerprint density at radius 2 is 1.70 bits per heavy atom. The van der Waals surface area contributed by atoms with E-state index in [1.54, 1.807) is 24.3 Å². The Morgan fingerprint density at radius 3 is 2.37 bits per heavy atom. The first-order valence-corrected chi connectivity index (χ1v) is 8.40. The van der Waals surface area contributed by atoms with E-state index in [1.165, 1.54) is 14.2 Å². The summed E-state index contributed by atoms with van der Waals surface area (Å²) in [6.45, 7) is 0. The highest BCUT2D eigenvalue weighted by atomic mass is 16.5. The van der Waals surface area contributed by atoms with Gasteiger partial charge in [0, 0.05) is 12.4 Å². The van der Waals surface area contributed by atoms with Gasteiger partial charge in [0.1, 0.15) is 0 Å². The van der Waals surface area contributed by atoms with Gasteiger partial charge in [-0.1, -0.05) is 48.5 Å². The van der Waals surface area contributed by atoms with Crippen LogP contribution in [0.15, 0.2) is 59.4 Å². The summed E-state index contributed by atoms with van der Waals surface area (Å²) in [5.74, 6) is -0.915. The summed E-state index contributed by atoms with van der Waals surface area (Å²) < 4.78 is 5.88. The number of benzene rings is 2. The second-order valence-corrected chi connectivity index (χ2v) is 6.04. The lowest BCUT2D eigenvalue weighted by molar-refractivity contribution is -0.141. The highest BCUT2D eigenvalue weighted by molar-refractivity contribution is 6.05. The number of aromatic nitrogens is 2. The summed E-state index contributed by atoms with van der Waals surface area (Å²) in [6, 6.07) is 15.4. The van der Waals surface area contributed by atoms with Gasteiger partial charge in [-0.3, -0.25) is 14.4 Å². The Labute approximate surface area is 155 Å². The molecule has 27 heavy (non-hydrogen) atoms. The minimum atomic E-state index is -0.580. The second-order valence-electron chi connectivity index (χ2n) is 6.04. The van der Waals surface area contributed by atoms with Crippen molar-refractivity contribution in [2.45, 2.75) is 12.5 Å². The molecule has 0 fully saturated rings. The number of esters is 1. The van der Waals surface area contributed by atoms with Crippen LogP contribution in [-0.4, -0.2) is 28.8 Å². The lowest BCUT2D eigenvalue weighted by atomic mass is 10.0. The maximum Gasteiger partial charge on any atom is 0.307 e. The topological polar surface area (TPSA) is 90.3 Å². The predicted octanol–water partition coefficient (Wildman–Crippen LogP) is 1.97. The van der Waals surface area contributed by atoms with Crippen LogP contribution in [0.4, 0.5) is 0 Å². The summed E-state index contributed by atoms with van der Waals surface area (Å²) in [6.07, 6.45) is -0.0179. The van der Waals surface area contributed by atoms with Crippen molar-refractivity contribution in [1.29, 1.82) is 0 Å². The van der Waals surface area contributed by atoms with Gasteiger partial charge in [-0.2, -0.15) is 5.10 Å².